The van der Waals surface area contributed by atoms with Crippen molar-refractivity contribution in [2.75, 3.05) is 14.1 Å². The summed E-state index contributed by atoms with van der Waals surface area (Å²) < 4.78 is 38.3. The molecule has 3 amide bonds. The van der Waals surface area contributed by atoms with Crippen molar-refractivity contribution in [1.82, 2.24) is 15.3 Å². The van der Waals surface area contributed by atoms with Crippen LogP contribution in [0.4, 0.5) is 13.2 Å². The number of alkyl halides is 3. The van der Waals surface area contributed by atoms with Crippen LogP contribution in [0.1, 0.15) is 56.0 Å². The third-order valence-electron chi connectivity index (χ3n) is 4.55. The number of hydrazine groups is 1. The number of benzene rings is 2. The number of halogens is 3. The summed E-state index contributed by atoms with van der Waals surface area (Å²) in [6.45, 7) is 5.05. The second kappa shape index (κ2) is 9.20. The largest absolute Gasteiger partial charge is 0.416 e. The molecule has 0 bridgehead atoms. The molecule has 0 aliphatic carbocycles. The molecule has 1 N–H and O–H groups in total. The molecule has 2 aromatic carbocycles. The zero-order valence-electron chi connectivity index (χ0n) is 17.9. The third kappa shape index (κ3) is 5.62. The quantitative estimate of drug-likeness (QED) is 0.741. The van der Waals surface area contributed by atoms with Gasteiger partial charge in [-0.05, 0) is 62.7 Å². The first-order valence-corrected chi connectivity index (χ1v) is 9.47. The molecule has 31 heavy (non-hydrogen) atoms. The second-order valence-corrected chi connectivity index (χ2v) is 7.51. The van der Waals surface area contributed by atoms with E-state index < -0.39 is 29.6 Å². The van der Waals surface area contributed by atoms with Gasteiger partial charge in [0.05, 0.1) is 5.56 Å². The van der Waals surface area contributed by atoms with E-state index in [1.54, 1.807) is 40.9 Å². The van der Waals surface area contributed by atoms with Crippen molar-refractivity contribution in [2.45, 2.75) is 33.0 Å². The number of nitrogens with one attached hydrogen (secondary N) is 1. The molecule has 0 unspecified atom stereocenters. The normalized spacial score (nSPS) is 11.3. The summed E-state index contributed by atoms with van der Waals surface area (Å²) in [6.07, 6.45) is -4.51. The predicted molar refractivity (Wildman–Crippen MR) is 109 cm³/mol. The van der Waals surface area contributed by atoms with Crippen molar-refractivity contribution < 1.29 is 27.6 Å². The first-order valence-electron chi connectivity index (χ1n) is 9.47. The lowest BCUT2D eigenvalue weighted by Gasteiger charge is -2.27. The number of hydrogen-bond donors (Lipinski definition) is 1. The summed E-state index contributed by atoms with van der Waals surface area (Å²) in [4.78, 5) is 39.3. The molecule has 2 rings (SSSR count). The Balaban J connectivity index is 2.27. The van der Waals surface area contributed by atoms with Gasteiger partial charge in [0.15, 0.2) is 0 Å². The van der Waals surface area contributed by atoms with Crippen LogP contribution in [-0.4, -0.2) is 47.8 Å². The molecule has 0 aliphatic heterocycles. The Morgan fingerprint density at radius 3 is 1.94 bits per heavy atom. The van der Waals surface area contributed by atoms with Crippen LogP contribution >= 0.6 is 0 Å². The number of amides is 3. The van der Waals surface area contributed by atoms with E-state index in [-0.39, 0.29) is 17.0 Å². The van der Waals surface area contributed by atoms with Gasteiger partial charge >= 0.3 is 6.18 Å². The monoisotopic (exact) mass is 435 g/mol. The maximum atomic E-state index is 12.8. The lowest BCUT2D eigenvalue weighted by atomic mass is 10.0. The van der Waals surface area contributed by atoms with E-state index in [0.717, 1.165) is 29.3 Å². The topological polar surface area (TPSA) is 69.7 Å². The zero-order chi connectivity index (χ0) is 23.5. The van der Waals surface area contributed by atoms with Gasteiger partial charge in [0.25, 0.3) is 17.7 Å². The Bertz CT molecular complexity index is 984. The minimum Gasteiger partial charge on any atom is -0.345 e. The molecule has 0 saturated carbocycles. The molecule has 0 heterocycles. The van der Waals surface area contributed by atoms with E-state index in [4.69, 9.17) is 0 Å². The second-order valence-electron chi connectivity index (χ2n) is 7.51. The van der Waals surface area contributed by atoms with Crippen LogP contribution < -0.4 is 5.43 Å². The standard InChI is InChI=1S/C22H24F3N3O3/c1-13(2)28(20(30)15-8-10-17(11-9-15)22(23,24)25)26-19(29)16-7-6-14(3)18(12-16)21(31)27(4)5/h6-13H,1-5H3,(H,26,29). The van der Waals surface area contributed by atoms with Gasteiger partial charge in [0, 0.05) is 36.8 Å². The summed E-state index contributed by atoms with van der Waals surface area (Å²) in [5, 5.41) is 1.04. The van der Waals surface area contributed by atoms with Crippen molar-refractivity contribution >= 4 is 17.7 Å². The number of hydrogen-bond acceptors (Lipinski definition) is 3. The molecule has 0 radical (unpaired) electrons. The molecule has 0 fully saturated rings. The van der Waals surface area contributed by atoms with Crippen LogP contribution in [0.3, 0.4) is 0 Å². The molecule has 6 nitrogen and oxygen atoms in total. The van der Waals surface area contributed by atoms with Crippen LogP contribution in [0.15, 0.2) is 42.5 Å². The van der Waals surface area contributed by atoms with Gasteiger partial charge < -0.3 is 4.90 Å². The van der Waals surface area contributed by atoms with Crippen molar-refractivity contribution in [3.8, 4) is 0 Å². The van der Waals surface area contributed by atoms with Gasteiger partial charge in [-0.25, -0.2) is 5.01 Å². The summed E-state index contributed by atoms with van der Waals surface area (Å²) in [5.74, 6) is -1.55. The SMILES string of the molecule is Cc1ccc(C(=O)NN(C(=O)c2ccc(C(F)(F)F)cc2)C(C)C)cc1C(=O)N(C)C. The van der Waals surface area contributed by atoms with Crippen molar-refractivity contribution in [3.05, 3.63) is 70.3 Å². The molecule has 0 aliphatic rings. The Hall–Kier alpha value is -3.36. The molecule has 166 valence electrons. The van der Waals surface area contributed by atoms with E-state index in [1.165, 1.54) is 17.0 Å². The Kier molecular flexibility index (Phi) is 7.09. The molecular formula is C22H24F3N3O3. The highest BCUT2D eigenvalue weighted by atomic mass is 19.4. The highest BCUT2D eigenvalue weighted by Crippen LogP contribution is 2.29. The van der Waals surface area contributed by atoms with Gasteiger partial charge in [-0.15, -0.1) is 0 Å². The highest BCUT2D eigenvalue weighted by molar-refractivity contribution is 6.02. The third-order valence-corrected chi connectivity index (χ3v) is 4.55. The summed E-state index contributed by atoms with van der Waals surface area (Å²) in [5.41, 5.74) is 2.82. The van der Waals surface area contributed by atoms with Crippen LogP contribution in [0.25, 0.3) is 0 Å². The van der Waals surface area contributed by atoms with Gasteiger partial charge in [-0.1, -0.05) is 6.07 Å². The maximum absolute atomic E-state index is 12.8. The number of aryl methyl sites for hydroxylation is 1. The summed E-state index contributed by atoms with van der Waals surface area (Å²) in [7, 11) is 3.19. The van der Waals surface area contributed by atoms with Gasteiger partial charge in [0.2, 0.25) is 0 Å². The van der Waals surface area contributed by atoms with Gasteiger partial charge in [-0.2, -0.15) is 13.2 Å². The first kappa shape index (κ1) is 23.9. The van der Waals surface area contributed by atoms with Crippen LogP contribution in [0.2, 0.25) is 0 Å². The smallest absolute Gasteiger partial charge is 0.345 e. The Morgan fingerprint density at radius 1 is 0.903 bits per heavy atom. The number of rotatable bonds is 4. The minimum absolute atomic E-state index is 0.00520. The lowest BCUT2D eigenvalue weighted by molar-refractivity contribution is -0.137. The van der Waals surface area contributed by atoms with Crippen molar-refractivity contribution in [3.63, 3.8) is 0 Å². The molecular weight excluding hydrogens is 411 g/mol. The Labute approximate surface area is 178 Å². The van der Waals surface area contributed by atoms with Crippen LogP contribution in [-0.2, 0) is 6.18 Å². The van der Waals surface area contributed by atoms with E-state index in [9.17, 15) is 27.6 Å². The van der Waals surface area contributed by atoms with E-state index in [2.05, 4.69) is 5.43 Å². The number of carbonyl (C=O) groups is 3. The predicted octanol–water partition coefficient (Wildman–Crippen LogP) is 3.91. The lowest BCUT2D eigenvalue weighted by Crippen LogP contribution is -2.50. The molecule has 9 heteroatoms. The van der Waals surface area contributed by atoms with Crippen LogP contribution in [0, 0.1) is 6.92 Å². The van der Waals surface area contributed by atoms with E-state index in [1.807, 2.05) is 0 Å². The zero-order valence-corrected chi connectivity index (χ0v) is 17.9. The maximum Gasteiger partial charge on any atom is 0.416 e. The molecule has 0 spiro atoms. The summed E-state index contributed by atoms with van der Waals surface area (Å²) in [6, 6.07) is 7.86. The minimum atomic E-state index is -4.51. The fraction of sp³-hybridized carbons (Fsp3) is 0.318. The van der Waals surface area contributed by atoms with Crippen molar-refractivity contribution in [2.24, 2.45) is 0 Å². The number of carbonyl (C=O) groups excluding carboxylic acids is 3. The molecule has 0 aromatic heterocycles. The number of nitrogens with zero attached hydrogens (tertiary/aromatic N) is 2. The van der Waals surface area contributed by atoms with Crippen LogP contribution in [0.5, 0.6) is 0 Å². The van der Waals surface area contributed by atoms with Gasteiger partial charge in [0.1, 0.15) is 0 Å². The van der Waals surface area contributed by atoms with Crippen molar-refractivity contribution in [1.29, 1.82) is 0 Å². The molecule has 2 aromatic rings. The van der Waals surface area contributed by atoms with E-state index >= 15 is 0 Å². The highest BCUT2D eigenvalue weighted by Gasteiger charge is 2.31. The van der Waals surface area contributed by atoms with Gasteiger partial charge in [-0.3, -0.25) is 19.8 Å². The molecule has 0 saturated heterocycles. The first-order chi connectivity index (χ1) is 14.3. The average Bonchev–Trinajstić information content (AvgIpc) is 2.70. The van der Waals surface area contributed by atoms with E-state index in [0.29, 0.717) is 11.1 Å². The fourth-order valence-electron chi connectivity index (χ4n) is 2.76. The molecule has 0 atom stereocenters. The Morgan fingerprint density at radius 2 is 1.45 bits per heavy atom. The fourth-order valence-corrected chi connectivity index (χ4v) is 2.76. The average molecular weight is 435 g/mol. The summed E-state index contributed by atoms with van der Waals surface area (Å²) >= 11 is 0.